The molecule has 186 valence electrons. The molecule has 0 spiro atoms. The van der Waals surface area contributed by atoms with E-state index in [1.807, 2.05) is 23.9 Å². The molecule has 0 aromatic carbocycles. The molecule has 2 aliphatic heterocycles. The maximum absolute atomic E-state index is 6.25. The van der Waals surface area contributed by atoms with E-state index in [-0.39, 0.29) is 6.10 Å². The molecule has 0 unspecified atom stereocenters. The van der Waals surface area contributed by atoms with Crippen molar-refractivity contribution in [3.05, 3.63) is 36.0 Å². The molecule has 3 aromatic rings. The van der Waals surface area contributed by atoms with Crippen molar-refractivity contribution in [2.45, 2.75) is 31.8 Å². The van der Waals surface area contributed by atoms with Crippen LogP contribution in [0.15, 0.2) is 30.9 Å². The van der Waals surface area contributed by atoms with Crippen LogP contribution >= 0.6 is 11.6 Å². The Balaban J connectivity index is 1.15. The maximum atomic E-state index is 6.25. The molecule has 2 N–H and O–H groups in total. The minimum Gasteiger partial charge on any atom is -0.489 e. The van der Waals surface area contributed by atoms with E-state index in [1.165, 1.54) is 0 Å². The van der Waals surface area contributed by atoms with Crippen LogP contribution in [-0.4, -0.2) is 63.5 Å². The van der Waals surface area contributed by atoms with E-state index >= 15 is 0 Å². The van der Waals surface area contributed by atoms with Gasteiger partial charge in [-0.25, -0.2) is 9.97 Å². The summed E-state index contributed by atoms with van der Waals surface area (Å²) in [6.45, 7) is 3.49. The Labute approximate surface area is 209 Å². The third kappa shape index (κ3) is 5.94. The fourth-order valence-electron chi connectivity index (χ4n) is 4.36. The first-order valence-corrected chi connectivity index (χ1v) is 12.3. The van der Waals surface area contributed by atoms with E-state index in [0.29, 0.717) is 41.9 Å². The Hall–Kier alpha value is -3.11. The van der Waals surface area contributed by atoms with Crippen molar-refractivity contribution in [1.29, 1.82) is 0 Å². The molecule has 0 radical (unpaired) electrons. The number of piperidine rings is 1. The molecule has 11 heteroatoms. The van der Waals surface area contributed by atoms with Gasteiger partial charge in [0.2, 0.25) is 0 Å². The molecule has 35 heavy (non-hydrogen) atoms. The van der Waals surface area contributed by atoms with E-state index in [9.17, 15) is 0 Å². The van der Waals surface area contributed by atoms with Gasteiger partial charge in [-0.05, 0) is 37.7 Å². The number of nitrogens with zero attached hydrogens (tertiary/aromatic N) is 6. The molecule has 2 saturated heterocycles. The minimum atomic E-state index is 0.102. The zero-order valence-corrected chi connectivity index (χ0v) is 20.5. The number of rotatable bonds is 8. The SMILES string of the molecule is Cn1cnc(-c2cnc(N)c(OCC3CCN(c4cc(Cl)nc(OC[C@H]5CCCO5)n4)CC3)c2)c1. The first kappa shape index (κ1) is 23.6. The molecule has 1 atom stereocenters. The molecule has 5 rings (SSSR count). The average molecular weight is 500 g/mol. The summed E-state index contributed by atoms with van der Waals surface area (Å²) in [6.07, 6.45) is 9.49. The van der Waals surface area contributed by atoms with Gasteiger partial charge >= 0.3 is 6.01 Å². The molecular weight excluding hydrogens is 470 g/mol. The highest BCUT2D eigenvalue weighted by Gasteiger charge is 2.23. The van der Waals surface area contributed by atoms with Crippen LogP contribution in [0.4, 0.5) is 11.6 Å². The van der Waals surface area contributed by atoms with Gasteiger partial charge in [-0.15, -0.1) is 0 Å². The zero-order valence-electron chi connectivity index (χ0n) is 19.8. The third-order valence-electron chi connectivity index (χ3n) is 6.38. The number of aryl methyl sites for hydroxylation is 1. The summed E-state index contributed by atoms with van der Waals surface area (Å²) in [5.74, 6) is 2.15. The fraction of sp³-hybridized carbons (Fsp3) is 0.500. The maximum Gasteiger partial charge on any atom is 0.319 e. The number of halogens is 1. The second kappa shape index (κ2) is 10.7. The predicted octanol–water partition coefficient (Wildman–Crippen LogP) is 3.36. The van der Waals surface area contributed by atoms with Crippen LogP contribution < -0.4 is 20.1 Å². The van der Waals surface area contributed by atoms with Crippen molar-refractivity contribution in [2.75, 3.05) is 43.5 Å². The number of pyridine rings is 1. The molecular formula is C24H30ClN7O3. The molecule has 0 aliphatic carbocycles. The summed E-state index contributed by atoms with van der Waals surface area (Å²) >= 11 is 6.25. The van der Waals surface area contributed by atoms with E-state index in [1.54, 1.807) is 18.6 Å². The van der Waals surface area contributed by atoms with Crippen LogP contribution in [0.1, 0.15) is 25.7 Å². The van der Waals surface area contributed by atoms with E-state index in [4.69, 9.17) is 31.5 Å². The lowest BCUT2D eigenvalue weighted by Gasteiger charge is -2.32. The quantitative estimate of drug-likeness (QED) is 0.466. The highest BCUT2D eigenvalue weighted by Crippen LogP contribution is 2.29. The van der Waals surface area contributed by atoms with Crippen molar-refractivity contribution in [3.63, 3.8) is 0 Å². The van der Waals surface area contributed by atoms with Gasteiger partial charge in [-0.3, -0.25) is 0 Å². The van der Waals surface area contributed by atoms with E-state index < -0.39 is 0 Å². The first-order chi connectivity index (χ1) is 17.0. The monoisotopic (exact) mass is 499 g/mol. The number of nitrogen functional groups attached to an aromatic ring is 1. The molecule has 0 saturated carbocycles. The van der Waals surface area contributed by atoms with Crippen LogP contribution in [-0.2, 0) is 11.8 Å². The normalized spacial score (nSPS) is 18.7. The van der Waals surface area contributed by atoms with Gasteiger partial charge in [0.05, 0.1) is 24.7 Å². The lowest BCUT2D eigenvalue weighted by atomic mass is 9.98. The highest BCUT2D eigenvalue weighted by molar-refractivity contribution is 6.29. The van der Waals surface area contributed by atoms with Crippen LogP contribution in [0.3, 0.4) is 0 Å². The second-order valence-electron chi connectivity index (χ2n) is 9.05. The number of ether oxygens (including phenoxy) is 3. The van der Waals surface area contributed by atoms with Gasteiger partial charge in [0.1, 0.15) is 17.6 Å². The average Bonchev–Trinajstić information content (AvgIpc) is 3.54. The number of aromatic nitrogens is 5. The van der Waals surface area contributed by atoms with Gasteiger partial charge in [-0.2, -0.15) is 9.97 Å². The zero-order chi connectivity index (χ0) is 24.2. The second-order valence-corrected chi connectivity index (χ2v) is 9.44. The molecule has 0 bridgehead atoms. The Morgan fingerprint density at radius 1 is 1.11 bits per heavy atom. The number of hydrogen-bond donors (Lipinski definition) is 1. The van der Waals surface area contributed by atoms with Crippen molar-refractivity contribution in [1.82, 2.24) is 24.5 Å². The molecule has 0 amide bonds. The molecule has 2 aliphatic rings. The van der Waals surface area contributed by atoms with Gasteiger partial charge in [-0.1, -0.05) is 11.6 Å². The predicted molar refractivity (Wildman–Crippen MR) is 133 cm³/mol. The summed E-state index contributed by atoms with van der Waals surface area (Å²) in [4.78, 5) is 19.7. The Kier molecular flexibility index (Phi) is 7.19. The van der Waals surface area contributed by atoms with Crippen molar-refractivity contribution in [2.24, 2.45) is 13.0 Å². The minimum absolute atomic E-state index is 0.102. The first-order valence-electron chi connectivity index (χ1n) is 11.9. The Morgan fingerprint density at radius 2 is 1.97 bits per heavy atom. The Morgan fingerprint density at radius 3 is 2.71 bits per heavy atom. The van der Waals surface area contributed by atoms with Crippen molar-refractivity contribution >= 4 is 23.2 Å². The van der Waals surface area contributed by atoms with Gasteiger partial charge in [0.25, 0.3) is 0 Å². The summed E-state index contributed by atoms with van der Waals surface area (Å²) in [7, 11) is 1.93. The van der Waals surface area contributed by atoms with Crippen LogP contribution in [0.5, 0.6) is 11.8 Å². The number of hydrogen-bond acceptors (Lipinski definition) is 9. The lowest BCUT2D eigenvalue weighted by molar-refractivity contribution is 0.0645. The van der Waals surface area contributed by atoms with Crippen molar-refractivity contribution < 1.29 is 14.2 Å². The van der Waals surface area contributed by atoms with E-state index in [0.717, 1.165) is 62.5 Å². The van der Waals surface area contributed by atoms with Gasteiger partial charge in [0.15, 0.2) is 11.6 Å². The number of nitrogens with two attached hydrogens (primary N) is 1. The van der Waals surface area contributed by atoms with E-state index in [2.05, 4.69) is 24.8 Å². The molecule has 5 heterocycles. The summed E-state index contributed by atoms with van der Waals surface area (Å²) < 4.78 is 19.3. The summed E-state index contributed by atoms with van der Waals surface area (Å²) in [5, 5.41) is 0.374. The molecule has 2 fully saturated rings. The largest absolute Gasteiger partial charge is 0.489 e. The van der Waals surface area contributed by atoms with Crippen LogP contribution in [0, 0.1) is 5.92 Å². The fourth-order valence-corrected chi connectivity index (χ4v) is 4.53. The highest BCUT2D eigenvalue weighted by atomic mass is 35.5. The summed E-state index contributed by atoms with van der Waals surface area (Å²) in [6, 6.07) is 3.98. The van der Waals surface area contributed by atoms with Crippen LogP contribution in [0.2, 0.25) is 5.15 Å². The molecule has 3 aromatic heterocycles. The molecule has 10 nitrogen and oxygen atoms in total. The smallest absolute Gasteiger partial charge is 0.319 e. The number of imidazole rings is 1. The summed E-state index contributed by atoms with van der Waals surface area (Å²) in [5.41, 5.74) is 7.77. The number of anilines is 2. The van der Waals surface area contributed by atoms with Gasteiger partial charge < -0.3 is 29.4 Å². The topological polar surface area (TPSA) is 113 Å². The lowest BCUT2D eigenvalue weighted by Crippen LogP contribution is -2.36. The standard InChI is InChI=1S/C24H30ClN7O3/c1-31-12-19(28-15-31)17-9-20(23(26)27-11-17)34-13-16-4-6-32(7-5-16)22-10-21(25)29-24(30-22)35-14-18-3-2-8-33-18/h9-12,15-16,18H,2-8,13-14H2,1H3,(H2,26,27)/t18-/m1/s1. The van der Waals surface area contributed by atoms with Crippen molar-refractivity contribution in [3.8, 4) is 23.0 Å². The third-order valence-corrected chi connectivity index (χ3v) is 6.57. The Bertz CT molecular complexity index is 1140. The van der Waals surface area contributed by atoms with Gasteiger partial charge in [0, 0.05) is 50.8 Å². The van der Waals surface area contributed by atoms with Crippen LogP contribution in [0.25, 0.3) is 11.3 Å².